The molecule has 2 heterocycles. The van der Waals surface area contributed by atoms with E-state index in [4.69, 9.17) is 0 Å². The average Bonchev–Trinajstić information content (AvgIpc) is 2.85. The Kier molecular flexibility index (Phi) is 3.13. The second-order valence-corrected chi connectivity index (χ2v) is 3.65. The molecule has 2 aromatic heterocycles. The Balaban J connectivity index is 2.19. The highest BCUT2D eigenvalue weighted by molar-refractivity contribution is 5.95. The van der Waals surface area contributed by atoms with E-state index in [1.165, 1.54) is 0 Å². The summed E-state index contributed by atoms with van der Waals surface area (Å²) in [5.41, 5.74) is 0.665. The molecule has 0 aliphatic heterocycles. The number of rotatable bonds is 3. The van der Waals surface area contributed by atoms with Crippen molar-refractivity contribution in [2.45, 2.75) is 20.4 Å². The number of nitrogens with zero attached hydrogens (tertiary/aromatic N) is 4. The highest BCUT2D eigenvalue weighted by Gasteiger charge is 2.16. The van der Waals surface area contributed by atoms with Gasteiger partial charge in [-0.2, -0.15) is 10.3 Å². The number of aryl methyl sites for hydroxylation is 1. The van der Waals surface area contributed by atoms with Gasteiger partial charge in [0.05, 0.1) is 12.2 Å². The van der Waals surface area contributed by atoms with Gasteiger partial charge in [-0.15, -0.1) is 10.2 Å². The van der Waals surface area contributed by atoms with Crippen molar-refractivity contribution in [3.63, 3.8) is 0 Å². The molecule has 18 heavy (non-hydrogen) atoms. The molecule has 2 rings (SSSR count). The number of H-pyrrole nitrogens is 2. The van der Waals surface area contributed by atoms with E-state index in [1.54, 1.807) is 13.8 Å². The van der Waals surface area contributed by atoms with Crippen molar-refractivity contribution >= 4 is 5.91 Å². The van der Waals surface area contributed by atoms with E-state index < -0.39 is 11.5 Å². The smallest absolute Gasteiger partial charge is 0.277 e. The quantitative estimate of drug-likeness (QED) is 0.628. The van der Waals surface area contributed by atoms with E-state index >= 15 is 0 Å². The molecule has 94 valence electrons. The van der Waals surface area contributed by atoms with Crippen molar-refractivity contribution in [2.24, 2.45) is 0 Å². The van der Waals surface area contributed by atoms with Gasteiger partial charge >= 0.3 is 0 Å². The summed E-state index contributed by atoms with van der Waals surface area (Å²) < 4.78 is 0. The van der Waals surface area contributed by atoms with Crippen LogP contribution in [0.1, 0.15) is 27.4 Å². The second kappa shape index (κ2) is 4.73. The first-order valence-electron chi connectivity index (χ1n) is 5.16. The van der Waals surface area contributed by atoms with Gasteiger partial charge < -0.3 is 5.32 Å². The lowest BCUT2D eigenvalue weighted by Crippen LogP contribution is -2.31. The first-order chi connectivity index (χ1) is 8.59. The Hall–Kier alpha value is -2.58. The molecule has 0 saturated heterocycles. The Morgan fingerprint density at radius 2 is 2.11 bits per heavy atom. The zero-order valence-electron chi connectivity index (χ0n) is 9.81. The molecule has 0 spiro atoms. The Bertz CT molecular complexity index is 616. The molecule has 0 atom stereocenters. The lowest BCUT2D eigenvalue weighted by molar-refractivity contribution is 0.0947. The molecule has 0 aliphatic rings. The van der Waals surface area contributed by atoms with Crippen molar-refractivity contribution in [3.05, 3.63) is 33.0 Å². The van der Waals surface area contributed by atoms with E-state index in [0.29, 0.717) is 17.1 Å². The summed E-state index contributed by atoms with van der Waals surface area (Å²) in [4.78, 5) is 23.5. The molecule has 1 amide bonds. The number of hydrogen-bond donors (Lipinski definition) is 3. The van der Waals surface area contributed by atoms with Crippen molar-refractivity contribution in [1.82, 2.24) is 36.1 Å². The lowest BCUT2D eigenvalue weighted by Gasteiger charge is -2.06. The third kappa shape index (κ3) is 2.24. The normalized spacial score (nSPS) is 10.3. The first kappa shape index (κ1) is 11.9. The minimum absolute atomic E-state index is 0.0472. The highest BCUT2D eigenvalue weighted by Crippen LogP contribution is 2.04. The number of tetrazole rings is 1. The number of hydrogen-bond acceptors (Lipinski definition) is 6. The van der Waals surface area contributed by atoms with E-state index in [9.17, 15) is 9.59 Å². The minimum Gasteiger partial charge on any atom is -0.344 e. The van der Waals surface area contributed by atoms with Gasteiger partial charge in [0.1, 0.15) is 5.56 Å². The van der Waals surface area contributed by atoms with Crippen LogP contribution in [0.3, 0.4) is 0 Å². The van der Waals surface area contributed by atoms with E-state index in [-0.39, 0.29) is 12.1 Å². The van der Waals surface area contributed by atoms with Crippen molar-refractivity contribution in [1.29, 1.82) is 0 Å². The molecular weight excluding hydrogens is 238 g/mol. The molecule has 0 unspecified atom stereocenters. The summed E-state index contributed by atoms with van der Waals surface area (Å²) >= 11 is 0. The topological polar surface area (TPSA) is 129 Å². The van der Waals surface area contributed by atoms with Crippen LogP contribution in [0.4, 0.5) is 0 Å². The molecule has 0 aromatic carbocycles. The number of carbonyl (C=O) groups excluding carboxylic acids is 1. The van der Waals surface area contributed by atoms with Crippen LogP contribution in [0.15, 0.2) is 4.79 Å². The van der Waals surface area contributed by atoms with Gasteiger partial charge in [0.25, 0.3) is 11.5 Å². The predicted molar refractivity (Wildman–Crippen MR) is 59.7 cm³/mol. The van der Waals surface area contributed by atoms with E-state index in [2.05, 4.69) is 36.1 Å². The summed E-state index contributed by atoms with van der Waals surface area (Å²) in [5, 5.41) is 21.6. The van der Waals surface area contributed by atoms with Crippen molar-refractivity contribution in [3.8, 4) is 0 Å². The average molecular weight is 249 g/mol. The van der Waals surface area contributed by atoms with Crippen LogP contribution in [0.5, 0.6) is 0 Å². The fourth-order valence-corrected chi connectivity index (χ4v) is 1.40. The zero-order chi connectivity index (χ0) is 13.1. The molecule has 0 radical (unpaired) electrons. The van der Waals surface area contributed by atoms with E-state index in [0.717, 1.165) is 0 Å². The Labute approximate surface area is 101 Å². The highest BCUT2D eigenvalue weighted by atomic mass is 16.2. The third-order valence-electron chi connectivity index (χ3n) is 2.49. The van der Waals surface area contributed by atoms with Crippen LogP contribution in [-0.2, 0) is 6.54 Å². The molecule has 3 N–H and O–H groups in total. The molecule has 0 bridgehead atoms. The summed E-state index contributed by atoms with van der Waals surface area (Å²) in [5.74, 6) is -0.160. The van der Waals surface area contributed by atoms with Crippen LogP contribution < -0.4 is 10.9 Å². The molecule has 9 nitrogen and oxygen atoms in total. The maximum absolute atomic E-state index is 11.9. The summed E-state index contributed by atoms with van der Waals surface area (Å²) in [6.45, 7) is 3.47. The van der Waals surface area contributed by atoms with Gasteiger partial charge in [0.15, 0.2) is 5.82 Å². The Morgan fingerprint density at radius 3 is 2.78 bits per heavy atom. The number of aromatic nitrogens is 6. The van der Waals surface area contributed by atoms with Gasteiger partial charge in [-0.3, -0.25) is 9.59 Å². The number of nitrogens with one attached hydrogen (secondary N) is 3. The van der Waals surface area contributed by atoms with Gasteiger partial charge in [-0.05, 0) is 19.4 Å². The van der Waals surface area contributed by atoms with Gasteiger partial charge in [-0.25, -0.2) is 5.10 Å². The third-order valence-corrected chi connectivity index (χ3v) is 2.49. The van der Waals surface area contributed by atoms with Gasteiger partial charge in [-0.1, -0.05) is 5.21 Å². The maximum Gasteiger partial charge on any atom is 0.277 e. The lowest BCUT2D eigenvalue weighted by atomic mass is 10.1. The van der Waals surface area contributed by atoms with Gasteiger partial charge in [0, 0.05) is 0 Å². The van der Waals surface area contributed by atoms with Crippen LogP contribution in [-0.4, -0.2) is 36.7 Å². The molecule has 0 aliphatic carbocycles. The fourth-order valence-electron chi connectivity index (χ4n) is 1.40. The fraction of sp³-hybridized carbons (Fsp3) is 0.333. The molecular formula is C9H11N7O2. The molecule has 0 fully saturated rings. The standard InChI is InChI=1S/C9H11N7O2/c1-4-5(2)11-14-9(18)7(4)8(17)10-3-6-12-15-16-13-6/h3H2,1-2H3,(H,10,17)(H,14,18)(H,12,13,15,16). The molecule has 9 heteroatoms. The number of carbonyl (C=O) groups is 1. The second-order valence-electron chi connectivity index (χ2n) is 3.65. The monoisotopic (exact) mass is 249 g/mol. The van der Waals surface area contributed by atoms with Crippen molar-refractivity contribution in [2.75, 3.05) is 0 Å². The van der Waals surface area contributed by atoms with E-state index in [1.807, 2.05) is 0 Å². The summed E-state index contributed by atoms with van der Waals surface area (Å²) in [7, 11) is 0. The number of amides is 1. The SMILES string of the molecule is Cc1n[nH]c(=O)c(C(=O)NCc2nn[nH]n2)c1C. The summed E-state index contributed by atoms with van der Waals surface area (Å²) in [6.07, 6.45) is 0. The molecule has 2 aromatic rings. The Morgan fingerprint density at radius 1 is 1.33 bits per heavy atom. The largest absolute Gasteiger partial charge is 0.344 e. The predicted octanol–water partition coefficient (Wildman–Crippen LogP) is -1.17. The van der Waals surface area contributed by atoms with Crippen LogP contribution in [0.25, 0.3) is 0 Å². The number of aromatic amines is 2. The molecule has 0 saturated carbocycles. The zero-order valence-corrected chi connectivity index (χ0v) is 9.81. The summed E-state index contributed by atoms with van der Waals surface area (Å²) in [6, 6.07) is 0. The maximum atomic E-state index is 11.9. The first-order valence-corrected chi connectivity index (χ1v) is 5.16. The van der Waals surface area contributed by atoms with Crippen LogP contribution >= 0.6 is 0 Å². The van der Waals surface area contributed by atoms with Gasteiger partial charge in [0.2, 0.25) is 0 Å². The van der Waals surface area contributed by atoms with Crippen LogP contribution in [0.2, 0.25) is 0 Å². The van der Waals surface area contributed by atoms with Crippen molar-refractivity contribution < 1.29 is 4.79 Å². The minimum atomic E-state index is -0.524. The van der Waals surface area contributed by atoms with Crippen LogP contribution in [0, 0.1) is 13.8 Å².